The van der Waals surface area contributed by atoms with E-state index in [-0.39, 0.29) is 46.2 Å². The maximum Gasteiger partial charge on any atom is 0.252 e. The number of aliphatic hydroxyl groups excluding tert-OH is 3. The summed E-state index contributed by atoms with van der Waals surface area (Å²) >= 11 is 0. The maximum atomic E-state index is 13.9. The molecular formula is C30H43N5O7. The van der Waals surface area contributed by atoms with Gasteiger partial charge in [0.15, 0.2) is 5.78 Å². The van der Waals surface area contributed by atoms with Crippen LogP contribution in [0.3, 0.4) is 0 Å². The van der Waals surface area contributed by atoms with Gasteiger partial charge in [0.2, 0.25) is 5.91 Å². The Labute approximate surface area is 245 Å². The Morgan fingerprint density at radius 1 is 1.19 bits per heavy atom. The average Bonchev–Trinajstić information content (AvgIpc) is 2.92. The number of fused-ring (bicyclic) bond motifs is 3. The van der Waals surface area contributed by atoms with Crippen LogP contribution in [0.5, 0.6) is 5.75 Å². The minimum Gasteiger partial charge on any atom is -0.511 e. The Balaban J connectivity index is 0.00000237. The molecule has 6 atom stereocenters. The van der Waals surface area contributed by atoms with Crippen LogP contribution in [0.1, 0.15) is 44.2 Å². The largest absolute Gasteiger partial charge is 0.511 e. The number of aromatic hydroxyl groups is 1. The number of nitrogens with zero attached hydrogens (tertiary/aromatic N) is 1. The minimum atomic E-state index is -2.12. The van der Waals surface area contributed by atoms with Crippen molar-refractivity contribution in [2.45, 2.75) is 44.8 Å². The summed E-state index contributed by atoms with van der Waals surface area (Å²) in [6.07, 6.45) is -1.12. The number of phenols is 1. The highest BCUT2D eigenvalue weighted by molar-refractivity contribution is 6.23. The molecule has 230 valence electrons. The molecule has 0 saturated carbocycles. The number of hydrogen-bond acceptors (Lipinski definition) is 10. The normalized spacial score (nSPS) is 30.3. The van der Waals surface area contributed by atoms with E-state index >= 15 is 0 Å². The van der Waals surface area contributed by atoms with Crippen LogP contribution in [0, 0.1) is 17.3 Å². The molecule has 11 N–H and O–H groups in total. The summed E-state index contributed by atoms with van der Waals surface area (Å²) in [6, 6.07) is 3.20. The van der Waals surface area contributed by atoms with Gasteiger partial charge in [0.25, 0.3) is 5.91 Å². The smallest absolute Gasteiger partial charge is 0.252 e. The molecular weight excluding hydrogens is 542 g/mol. The molecule has 12 heteroatoms. The number of ketones is 1. The van der Waals surface area contributed by atoms with Gasteiger partial charge in [-0.15, -0.1) is 0 Å². The molecule has 0 saturated heterocycles. The number of carbonyl (C=O) groups is 3. The first-order valence-electron chi connectivity index (χ1n) is 13.8. The van der Waals surface area contributed by atoms with Crippen LogP contribution in [0.25, 0.3) is 5.57 Å². The summed E-state index contributed by atoms with van der Waals surface area (Å²) in [5.41, 5.74) is 14.0. The summed E-state index contributed by atoms with van der Waals surface area (Å²) in [6.45, 7) is 8.33. The molecule has 12 nitrogen and oxygen atoms in total. The van der Waals surface area contributed by atoms with Crippen LogP contribution in [-0.4, -0.2) is 88.9 Å². The van der Waals surface area contributed by atoms with Crippen molar-refractivity contribution in [3.05, 3.63) is 52.3 Å². The Bertz CT molecular complexity index is 1400. The number of allylic oxidation sites excluding steroid dienone is 1. The maximum absolute atomic E-state index is 13.9. The van der Waals surface area contributed by atoms with Crippen molar-refractivity contribution in [1.82, 2.24) is 4.90 Å². The fourth-order valence-corrected chi connectivity index (χ4v) is 7.22. The molecule has 0 fully saturated rings. The van der Waals surface area contributed by atoms with E-state index in [9.17, 15) is 34.8 Å². The topological polar surface area (TPSA) is 225 Å². The van der Waals surface area contributed by atoms with Gasteiger partial charge in [-0.2, -0.15) is 0 Å². The van der Waals surface area contributed by atoms with E-state index in [1.807, 2.05) is 0 Å². The number of aliphatic hydroxyl groups is 3. The molecule has 0 unspecified atom stereocenters. The van der Waals surface area contributed by atoms with Crippen LogP contribution in [-0.2, 0) is 14.4 Å². The number of primary amides is 1. The van der Waals surface area contributed by atoms with E-state index in [1.54, 1.807) is 45.8 Å². The van der Waals surface area contributed by atoms with Gasteiger partial charge in [-0.1, -0.05) is 32.1 Å². The first-order valence-corrected chi connectivity index (χ1v) is 13.8. The van der Waals surface area contributed by atoms with E-state index in [2.05, 4.69) is 17.6 Å². The molecule has 0 aromatic heterocycles. The van der Waals surface area contributed by atoms with Crippen molar-refractivity contribution in [3.63, 3.8) is 0 Å². The molecule has 1 aromatic rings. The van der Waals surface area contributed by atoms with Gasteiger partial charge in [0, 0.05) is 23.0 Å². The zero-order chi connectivity index (χ0) is 32.1. The van der Waals surface area contributed by atoms with Gasteiger partial charge < -0.3 is 47.8 Å². The van der Waals surface area contributed by atoms with Crippen molar-refractivity contribution in [2.75, 3.05) is 39.6 Å². The lowest BCUT2D eigenvalue weighted by Gasteiger charge is -2.59. The summed E-state index contributed by atoms with van der Waals surface area (Å²) in [4.78, 5) is 40.4. The predicted molar refractivity (Wildman–Crippen MR) is 159 cm³/mol. The molecule has 0 spiro atoms. The van der Waals surface area contributed by atoms with Gasteiger partial charge in [0.05, 0.1) is 36.1 Å². The molecule has 0 aliphatic heterocycles. The van der Waals surface area contributed by atoms with Crippen molar-refractivity contribution < 1.29 is 34.8 Å². The number of nitrogens with two attached hydrogens (primary N) is 3. The lowest BCUT2D eigenvalue weighted by molar-refractivity contribution is -0.147. The molecule has 3 aliphatic rings. The SMILES string of the molecule is C=C1C2=C(O)[C@]3(CO)C(=O)C(C(N)=O)=C(C)[C@@H](CC)[C@@H]3[C@@H](O)[C@]2(N)[C@@H](C)c2ccc(NC(=O)CN(C)C)c(O)c21.CN. The van der Waals surface area contributed by atoms with Gasteiger partial charge in [-0.25, -0.2) is 0 Å². The predicted octanol–water partition coefficient (Wildman–Crippen LogP) is 0.487. The summed E-state index contributed by atoms with van der Waals surface area (Å²) in [5.74, 6) is -5.64. The highest BCUT2D eigenvalue weighted by Crippen LogP contribution is 2.63. The molecule has 42 heavy (non-hydrogen) atoms. The summed E-state index contributed by atoms with van der Waals surface area (Å²) in [7, 11) is 4.95. The van der Waals surface area contributed by atoms with Crippen LogP contribution in [0.15, 0.2) is 41.2 Å². The van der Waals surface area contributed by atoms with Gasteiger partial charge in [-0.05, 0) is 57.6 Å². The highest BCUT2D eigenvalue weighted by atomic mass is 16.3. The van der Waals surface area contributed by atoms with E-state index in [4.69, 9.17) is 11.5 Å². The second-order valence-corrected chi connectivity index (χ2v) is 11.4. The lowest BCUT2D eigenvalue weighted by atomic mass is 9.46. The molecule has 0 heterocycles. The van der Waals surface area contributed by atoms with Crippen LogP contribution in [0.4, 0.5) is 5.69 Å². The van der Waals surface area contributed by atoms with Crippen molar-refractivity contribution >= 4 is 28.9 Å². The van der Waals surface area contributed by atoms with E-state index < -0.39 is 58.9 Å². The third-order valence-corrected chi connectivity index (χ3v) is 9.17. The first-order chi connectivity index (χ1) is 19.6. The van der Waals surface area contributed by atoms with Crippen LogP contribution in [0.2, 0.25) is 0 Å². The number of amides is 2. The third kappa shape index (κ3) is 4.36. The Hall–Kier alpha value is -3.55. The van der Waals surface area contributed by atoms with Crippen molar-refractivity contribution in [2.24, 2.45) is 34.5 Å². The number of carbonyl (C=O) groups excluding carboxylic acids is 3. The molecule has 0 radical (unpaired) electrons. The second kappa shape index (κ2) is 11.6. The zero-order valence-electron chi connectivity index (χ0n) is 25.0. The number of anilines is 1. The first kappa shape index (κ1) is 33.0. The molecule has 1 aromatic carbocycles. The number of rotatable bonds is 6. The van der Waals surface area contributed by atoms with Crippen LogP contribution >= 0.6 is 0 Å². The van der Waals surface area contributed by atoms with E-state index in [1.165, 1.54) is 13.1 Å². The standard InChI is InChI=1S/C29H38N4O7.CH5N/c1-7-15-12(2)20(27(30)40)24(37)28(11-34)22(15)26(39)29(31)14(4)16-8-9-17(32-18(35)10-33(5)6)23(36)19(16)13(3)21(29)25(28)38;1-2/h8-9,14-15,22,26,34,36,38-39H,3,7,10-11,31H2,1-2,4-6H3,(H2,30,40)(H,32,35);2H2,1H3/t14-,15+,22+,26+,28-,29-;/m0./s1. The fraction of sp³-hybridized carbons (Fsp3) is 0.500. The monoisotopic (exact) mass is 585 g/mol. The molecule has 4 rings (SSSR count). The number of benzene rings is 1. The van der Waals surface area contributed by atoms with Gasteiger partial charge in [-0.3, -0.25) is 14.4 Å². The number of Topliss-reactive ketones (excluding diaryl/α,β-unsaturated/α-hetero) is 1. The number of phenolic OH excluding ortho intramolecular Hbond substituents is 1. The number of likely N-dealkylation sites (N-methyl/N-ethyl adjacent to an activating group) is 1. The van der Waals surface area contributed by atoms with Crippen molar-refractivity contribution in [1.29, 1.82) is 0 Å². The Morgan fingerprint density at radius 2 is 1.79 bits per heavy atom. The fourth-order valence-electron chi connectivity index (χ4n) is 7.22. The number of hydrogen-bond donors (Lipinski definition) is 8. The van der Waals surface area contributed by atoms with Gasteiger partial charge in [0.1, 0.15) is 16.9 Å². The molecule has 2 amide bonds. The second-order valence-electron chi connectivity index (χ2n) is 11.4. The zero-order valence-corrected chi connectivity index (χ0v) is 25.0. The van der Waals surface area contributed by atoms with Gasteiger partial charge >= 0.3 is 0 Å². The quantitative estimate of drug-likeness (QED) is 0.170. The Morgan fingerprint density at radius 3 is 2.29 bits per heavy atom. The van der Waals surface area contributed by atoms with E-state index in [0.717, 1.165) is 0 Å². The number of nitrogens with one attached hydrogen (secondary N) is 1. The summed E-state index contributed by atoms with van der Waals surface area (Å²) in [5, 5.41) is 48.7. The highest BCUT2D eigenvalue weighted by Gasteiger charge is 2.68. The Kier molecular flexibility index (Phi) is 9.11. The summed E-state index contributed by atoms with van der Waals surface area (Å²) < 4.78 is 0. The minimum absolute atomic E-state index is 0.0207. The van der Waals surface area contributed by atoms with E-state index in [0.29, 0.717) is 17.6 Å². The van der Waals surface area contributed by atoms with Crippen LogP contribution < -0.4 is 22.5 Å². The molecule has 3 aliphatic carbocycles. The average molecular weight is 586 g/mol. The lowest BCUT2D eigenvalue weighted by Crippen LogP contribution is -2.70. The third-order valence-electron chi connectivity index (χ3n) is 9.17. The molecule has 0 bridgehead atoms. The van der Waals surface area contributed by atoms with Crippen molar-refractivity contribution in [3.8, 4) is 5.75 Å².